The zero-order valence-electron chi connectivity index (χ0n) is 12.6. The Hall–Kier alpha value is -3.08. The van der Waals surface area contributed by atoms with Gasteiger partial charge in [-0.25, -0.2) is 4.99 Å². The van der Waals surface area contributed by atoms with Crippen molar-refractivity contribution in [2.45, 2.75) is 6.92 Å². The van der Waals surface area contributed by atoms with Crippen molar-refractivity contribution in [1.29, 1.82) is 0 Å². The topological polar surface area (TPSA) is 77.5 Å². The molecule has 23 heavy (non-hydrogen) atoms. The van der Waals surface area contributed by atoms with E-state index in [1.165, 1.54) is 0 Å². The van der Waals surface area contributed by atoms with Crippen molar-refractivity contribution in [3.05, 3.63) is 53.6 Å². The summed E-state index contributed by atoms with van der Waals surface area (Å²) in [5, 5.41) is 14.3. The first kappa shape index (κ1) is 13.6. The minimum absolute atomic E-state index is 0.0337. The predicted molar refractivity (Wildman–Crippen MR) is 91.1 cm³/mol. The molecule has 0 aliphatic carbocycles. The molecule has 0 atom stereocenters. The molecule has 4 rings (SSSR count). The van der Waals surface area contributed by atoms with Gasteiger partial charge in [-0.2, -0.15) is 0 Å². The molecule has 0 saturated carbocycles. The third kappa shape index (κ3) is 2.01. The second kappa shape index (κ2) is 4.98. The van der Waals surface area contributed by atoms with E-state index in [2.05, 4.69) is 15.3 Å². The summed E-state index contributed by atoms with van der Waals surface area (Å²) in [6.07, 6.45) is 0. The van der Waals surface area contributed by atoms with Crippen LogP contribution in [0.4, 0.5) is 11.4 Å². The van der Waals surface area contributed by atoms with Gasteiger partial charge in [0.1, 0.15) is 5.71 Å². The van der Waals surface area contributed by atoms with E-state index in [4.69, 9.17) is 0 Å². The van der Waals surface area contributed by atoms with Crippen LogP contribution in [0.2, 0.25) is 0 Å². The van der Waals surface area contributed by atoms with E-state index in [0.29, 0.717) is 16.8 Å². The number of aromatic nitrogens is 1. The zero-order chi connectivity index (χ0) is 16.0. The van der Waals surface area contributed by atoms with Gasteiger partial charge in [0.05, 0.1) is 11.3 Å². The lowest BCUT2D eigenvalue weighted by molar-refractivity contribution is 0.107. The molecule has 0 radical (unpaired) electrons. The molecule has 1 aliphatic heterocycles. The third-order valence-corrected chi connectivity index (χ3v) is 3.99. The average Bonchev–Trinajstić information content (AvgIpc) is 3.04. The minimum Gasteiger partial charge on any atom is -0.494 e. The molecule has 0 spiro atoms. The Morgan fingerprint density at radius 1 is 1.22 bits per heavy atom. The minimum atomic E-state index is -0.161. The van der Waals surface area contributed by atoms with E-state index in [-0.39, 0.29) is 17.4 Å². The van der Waals surface area contributed by atoms with Gasteiger partial charge in [0, 0.05) is 28.7 Å². The summed E-state index contributed by atoms with van der Waals surface area (Å²) in [5.41, 5.74) is 3.65. The maximum Gasteiger partial charge on any atom is 0.214 e. The lowest BCUT2D eigenvalue weighted by Crippen LogP contribution is -2.10. The first-order valence-corrected chi connectivity index (χ1v) is 7.50. The number of aliphatic imine (C=N–C) groups is 1. The number of nitrogens with one attached hydrogen (secondary N) is 2. The number of fused-ring (bicyclic) bond motifs is 2. The third-order valence-electron chi connectivity index (χ3n) is 3.99. The molecular weight excluding hydrogens is 290 g/mol. The van der Waals surface area contributed by atoms with Crippen molar-refractivity contribution in [2.24, 2.45) is 4.99 Å². The Morgan fingerprint density at radius 2 is 2.04 bits per heavy atom. The fourth-order valence-corrected chi connectivity index (χ4v) is 2.96. The molecule has 0 fully saturated rings. The standard InChI is InChI=1S/C18H15N3O2/c1-2-19-10-7-8-14-12(9-10)15(18(23)21-14)16-17(22)11-5-3-4-6-13(11)20-16/h3-9,19,21,23H,2H2,1H3. The van der Waals surface area contributed by atoms with E-state index in [1.54, 1.807) is 12.1 Å². The molecule has 1 aliphatic rings. The van der Waals surface area contributed by atoms with Crippen molar-refractivity contribution in [3.63, 3.8) is 0 Å². The monoisotopic (exact) mass is 305 g/mol. The first-order valence-electron chi connectivity index (χ1n) is 7.50. The molecule has 5 nitrogen and oxygen atoms in total. The largest absolute Gasteiger partial charge is 0.494 e. The molecule has 3 aromatic rings. The highest BCUT2D eigenvalue weighted by atomic mass is 16.3. The number of para-hydroxylation sites is 1. The van der Waals surface area contributed by atoms with Crippen LogP contribution in [0.15, 0.2) is 47.5 Å². The normalized spacial score (nSPS) is 13.3. The summed E-state index contributed by atoms with van der Waals surface area (Å²) in [6, 6.07) is 12.9. The number of nitrogens with zero attached hydrogens (tertiary/aromatic N) is 1. The molecular formula is C18H15N3O2. The average molecular weight is 305 g/mol. The Morgan fingerprint density at radius 3 is 2.83 bits per heavy atom. The number of benzene rings is 2. The van der Waals surface area contributed by atoms with Gasteiger partial charge in [0.2, 0.25) is 5.78 Å². The maximum absolute atomic E-state index is 12.6. The summed E-state index contributed by atoms with van der Waals surface area (Å²) in [4.78, 5) is 20.0. The van der Waals surface area contributed by atoms with Crippen molar-refractivity contribution >= 4 is 33.8 Å². The predicted octanol–water partition coefficient (Wildman–Crippen LogP) is 3.62. The second-order valence-corrected chi connectivity index (χ2v) is 5.45. The molecule has 0 bridgehead atoms. The van der Waals surface area contributed by atoms with Crippen LogP contribution in [-0.4, -0.2) is 28.1 Å². The second-order valence-electron chi connectivity index (χ2n) is 5.45. The summed E-state index contributed by atoms with van der Waals surface area (Å²) < 4.78 is 0. The van der Waals surface area contributed by atoms with Crippen molar-refractivity contribution in [3.8, 4) is 5.88 Å². The Balaban J connectivity index is 1.91. The summed E-state index contributed by atoms with van der Waals surface area (Å²) >= 11 is 0. The summed E-state index contributed by atoms with van der Waals surface area (Å²) in [7, 11) is 0. The number of aromatic hydroxyl groups is 1. The number of carbonyl (C=O) groups is 1. The SMILES string of the molecule is CCNc1ccc2[nH]c(O)c(C3=Nc4ccccc4C3=O)c2c1. The number of ketones is 1. The number of hydrogen-bond donors (Lipinski definition) is 3. The van der Waals surface area contributed by atoms with Gasteiger partial charge < -0.3 is 15.4 Å². The highest BCUT2D eigenvalue weighted by Gasteiger charge is 2.29. The molecule has 1 aromatic heterocycles. The van der Waals surface area contributed by atoms with E-state index in [1.807, 2.05) is 37.3 Å². The maximum atomic E-state index is 12.6. The van der Waals surface area contributed by atoms with E-state index in [9.17, 15) is 9.90 Å². The van der Waals surface area contributed by atoms with Crippen LogP contribution in [-0.2, 0) is 0 Å². The lowest BCUT2D eigenvalue weighted by atomic mass is 10.0. The van der Waals surface area contributed by atoms with Crippen molar-refractivity contribution < 1.29 is 9.90 Å². The fourth-order valence-electron chi connectivity index (χ4n) is 2.96. The number of Topliss-reactive ketones (excluding diaryl/α,β-unsaturated/α-hetero) is 1. The molecule has 2 heterocycles. The molecule has 0 amide bonds. The van der Waals surface area contributed by atoms with Crippen LogP contribution < -0.4 is 5.32 Å². The van der Waals surface area contributed by atoms with Crippen LogP contribution in [0.1, 0.15) is 22.8 Å². The molecule has 0 unspecified atom stereocenters. The highest BCUT2D eigenvalue weighted by molar-refractivity contribution is 6.56. The summed E-state index contributed by atoms with van der Waals surface area (Å²) in [6.45, 7) is 2.81. The van der Waals surface area contributed by atoms with Crippen molar-refractivity contribution in [2.75, 3.05) is 11.9 Å². The Bertz CT molecular complexity index is 970. The quantitative estimate of drug-likeness (QED) is 0.691. The highest BCUT2D eigenvalue weighted by Crippen LogP contribution is 2.35. The van der Waals surface area contributed by atoms with Crippen molar-refractivity contribution in [1.82, 2.24) is 4.98 Å². The zero-order valence-corrected chi connectivity index (χ0v) is 12.6. The fraction of sp³-hybridized carbons (Fsp3) is 0.111. The molecule has 114 valence electrons. The van der Waals surface area contributed by atoms with Gasteiger partial charge in [-0.1, -0.05) is 12.1 Å². The number of aromatic amines is 1. The van der Waals surface area contributed by atoms with Crippen LogP contribution in [0.5, 0.6) is 5.88 Å². The first-order chi connectivity index (χ1) is 11.2. The molecule has 3 N–H and O–H groups in total. The van der Waals surface area contributed by atoms with E-state index >= 15 is 0 Å². The Kier molecular flexibility index (Phi) is 2.94. The molecule has 5 heteroatoms. The van der Waals surface area contributed by atoms with E-state index in [0.717, 1.165) is 23.1 Å². The smallest absolute Gasteiger partial charge is 0.214 e. The van der Waals surface area contributed by atoms with Crippen LogP contribution >= 0.6 is 0 Å². The number of carbonyl (C=O) groups excluding carboxylic acids is 1. The number of anilines is 1. The number of rotatable bonds is 3. The molecule has 2 aromatic carbocycles. The van der Waals surface area contributed by atoms with Crippen LogP contribution in [0, 0.1) is 0 Å². The van der Waals surface area contributed by atoms with Gasteiger partial charge >= 0.3 is 0 Å². The van der Waals surface area contributed by atoms with E-state index < -0.39 is 0 Å². The van der Waals surface area contributed by atoms with Crippen LogP contribution in [0.3, 0.4) is 0 Å². The van der Waals surface area contributed by atoms with Gasteiger partial charge in [0.25, 0.3) is 0 Å². The van der Waals surface area contributed by atoms with Crippen LogP contribution in [0.25, 0.3) is 10.9 Å². The lowest BCUT2D eigenvalue weighted by Gasteiger charge is -2.04. The molecule has 0 saturated heterocycles. The van der Waals surface area contributed by atoms with Gasteiger partial charge in [0.15, 0.2) is 5.88 Å². The van der Waals surface area contributed by atoms with Gasteiger partial charge in [-0.15, -0.1) is 0 Å². The Labute approximate surface area is 132 Å². The van der Waals surface area contributed by atoms with Gasteiger partial charge in [-0.05, 0) is 37.3 Å². The van der Waals surface area contributed by atoms with Gasteiger partial charge in [-0.3, -0.25) is 4.79 Å². The summed E-state index contributed by atoms with van der Waals surface area (Å²) in [5.74, 6) is -0.195. The number of hydrogen-bond acceptors (Lipinski definition) is 4. The number of H-pyrrole nitrogens is 1.